The molecular weight excluding hydrogens is 265 g/mol. The van der Waals surface area contributed by atoms with Crippen LogP contribution in [0, 0.1) is 24.1 Å². The number of rotatable bonds is 2. The number of hydrogen-bond donors (Lipinski definition) is 1. The standard InChI is InChI=1S/C17H12FN3/c1-11-5-6-16-15(7-11)17(12(9-19)10-20-16)21-14-4-2-3-13(18)8-14/h2-8,10H,1H3,(H,20,21). The van der Waals surface area contributed by atoms with Gasteiger partial charge in [-0.05, 0) is 37.3 Å². The third kappa shape index (κ3) is 2.54. The van der Waals surface area contributed by atoms with Crippen molar-refractivity contribution in [1.82, 2.24) is 4.98 Å². The molecule has 2 aromatic carbocycles. The predicted octanol–water partition coefficient (Wildman–Crippen LogP) is 4.30. The number of nitrogens with one attached hydrogen (secondary N) is 1. The number of benzene rings is 2. The number of aromatic nitrogens is 1. The number of fused-ring (bicyclic) bond motifs is 1. The summed E-state index contributed by atoms with van der Waals surface area (Å²) in [5.74, 6) is -0.326. The van der Waals surface area contributed by atoms with Gasteiger partial charge in [-0.1, -0.05) is 17.7 Å². The van der Waals surface area contributed by atoms with Gasteiger partial charge in [-0.2, -0.15) is 5.26 Å². The van der Waals surface area contributed by atoms with E-state index in [1.807, 2.05) is 25.1 Å². The van der Waals surface area contributed by atoms with Gasteiger partial charge in [0.15, 0.2) is 0 Å². The minimum atomic E-state index is -0.326. The van der Waals surface area contributed by atoms with Crippen LogP contribution < -0.4 is 5.32 Å². The van der Waals surface area contributed by atoms with E-state index < -0.39 is 0 Å². The van der Waals surface area contributed by atoms with Crippen molar-refractivity contribution in [3.63, 3.8) is 0 Å². The van der Waals surface area contributed by atoms with E-state index in [0.717, 1.165) is 16.5 Å². The number of nitrogens with zero attached hydrogens (tertiary/aromatic N) is 2. The Morgan fingerprint density at radius 2 is 2.05 bits per heavy atom. The second-order valence-electron chi connectivity index (χ2n) is 4.81. The summed E-state index contributed by atoms with van der Waals surface area (Å²) in [5.41, 5.74) is 3.54. The van der Waals surface area contributed by atoms with Crippen molar-refractivity contribution in [2.24, 2.45) is 0 Å². The van der Waals surface area contributed by atoms with E-state index in [1.165, 1.54) is 18.3 Å². The van der Waals surface area contributed by atoms with E-state index in [0.29, 0.717) is 16.9 Å². The Morgan fingerprint density at radius 3 is 2.81 bits per heavy atom. The molecule has 0 saturated heterocycles. The Balaban J connectivity index is 2.19. The number of pyridine rings is 1. The zero-order chi connectivity index (χ0) is 14.8. The van der Waals surface area contributed by atoms with Crippen LogP contribution in [0.15, 0.2) is 48.7 Å². The van der Waals surface area contributed by atoms with Crippen LogP contribution in [0.25, 0.3) is 10.9 Å². The minimum absolute atomic E-state index is 0.326. The fourth-order valence-corrected chi connectivity index (χ4v) is 2.24. The first kappa shape index (κ1) is 13.1. The third-order valence-electron chi connectivity index (χ3n) is 3.24. The summed E-state index contributed by atoms with van der Waals surface area (Å²) in [7, 11) is 0. The Morgan fingerprint density at radius 1 is 1.19 bits per heavy atom. The topological polar surface area (TPSA) is 48.7 Å². The third-order valence-corrected chi connectivity index (χ3v) is 3.24. The lowest BCUT2D eigenvalue weighted by molar-refractivity contribution is 0.628. The molecule has 3 aromatic rings. The van der Waals surface area contributed by atoms with Gasteiger partial charge in [-0.25, -0.2) is 4.39 Å². The zero-order valence-electron chi connectivity index (χ0n) is 11.4. The second-order valence-corrected chi connectivity index (χ2v) is 4.81. The molecule has 0 amide bonds. The summed E-state index contributed by atoms with van der Waals surface area (Å²) in [6.07, 6.45) is 1.53. The SMILES string of the molecule is Cc1ccc2ncc(C#N)c(Nc3cccc(F)c3)c2c1. The zero-order valence-corrected chi connectivity index (χ0v) is 11.4. The fourth-order valence-electron chi connectivity index (χ4n) is 2.24. The minimum Gasteiger partial charge on any atom is -0.354 e. The van der Waals surface area contributed by atoms with Crippen molar-refractivity contribution in [3.05, 3.63) is 65.6 Å². The lowest BCUT2D eigenvalue weighted by atomic mass is 10.1. The van der Waals surface area contributed by atoms with Gasteiger partial charge in [-0.15, -0.1) is 0 Å². The van der Waals surface area contributed by atoms with Crippen molar-refractivity contribution in [1.29, 1.82) is 5.26 Å². The Labute approximate surface area is 121 Å². The monoisotopic (exact) mass is 277 g/mol. The average molecular weight is 277 g/mol. The van der Waals surface area contributed by atoms with Gasteiger partial charge in [0.1, 0.15) is 11.9 Å². The smallest absolute Gasteiger partial charge is 0.125 e. The van der Waals surface area contributed by atoms with Gasteiger partial charge in [0.2, 0.25) is 0 Å². The average Bonchev–Trinajstić information content (AvgIpc) is 2.48. The molecule has 0 aliphatic heterocycles. The van der Waals surface area contributed by atoms with Gasteiger partial charge in [0.25, 0.3) is 0 Å². The van der Waals surface area contributed by atoms with Gasteiger partial charge in [-0.3, -0.25) is 4.98 Å². The number of nitriles is 1. The molecule has 0 fully saturated rings. The maximum absolute atomic E-state index is 13.3. The van der Waals surface area contributed by atoms with Gasteiger partial charge in [0.05, 0.1) is 16.8 Å². The van der Waals surface area contributed by atoms with E-state index in [9.17, 15) is 9.65 Å². The molecule has 1 heterocycles. The highest BCUT2D eigenvalue weighted by molar-refractivity contribution is 5.96. The van der Waals surface area contributed by atoms with Crippen LogP contribution in [0.3, 0.4) is 0 Å². The van der Waals surface area contributed by atoms with Gasteiger partial charge in [0, 0.05) is 17.3 Å². The maximum Gasteiger partial charge on any atom is 0.125 e. The summed E-state index contributed by atoms with van der Waals surface area (Å²) in [6.45, 7) is 1.98. The van der Waals surface area contributed by atoms with E-state index in [2.05, 4.69) is 16.4 Å². The molecule has 1 N–H and O–H groups in total. The van der Waals surface area contributed by atoms with E-state index in [-0.39, 0.29) is 5.82 Å². The van der Waals surface area contributed by atoms with Crippen molar-refractivity contribution in [2.45, 2.75) is 6.92 Å². The van der Waals surface area contributed by atoms with Crippen molar-refractivity contribution in [2.75, 3.05) is 5.32 Å². The highest BCUT2D eigenvalue weighted by Gasteiger charge is 2.09. The van der Waals surface area contributed by atoms with Crippen LogP contribution in [-0.2, 0) is 0 Å². The Bertz CT molecular complexity index is 866. The van der Waals surface area contributed by atoms with Crippen LogP contribution in [0.1, 0.15) is 11.1 Å². The molecule has 3 rings (SSSR count). The molecule has 21 heavy (non-hydrogen) atoms. The molecule has 0 aliphatic rings. The van der Waals surface area contributed by atoms with E-state index in [1.54, 1.807) is 12.1 Å². The summed E-state index contributed by atoms with van der Waals surface area (Å²) in [4.78, 5) is 4.28. The molecule has 102 valence electrons. The number of anilines is 2. The predicted molar refractivity (Wildman–Crippen MR) is 80.9 cm³/mol. The number of hydrogen-bond acceptors (Lipinski definition) is 3. The number of halogens is 1. The quantitative estimate of drug-likeness (QED) is 0.759. The summed E-state index contributed by atoms with van der Waals surface area (Å²) in [6, 6.07) is 14.1. The van der Waals surface area contributed by atoms with Crippen molar-refractivity contribution >= 4 is 22.3 Å². The first-order valence-electron chi connectivity index (χ1n) is 6.49. The molecule has 1 aromatic heterocycles. The normalized spacial score (nSPS) is 10.3. The van der Waals surface area contributed by atoms with Crippen LogP contribution >= 0.6 is 0 Å². The fraction of sp³-hybridized carbons (Fsp3) is 0.0588. The van der Waals surface area contributed by atoms with Crippen LogP contribution in [0.5, 0.6) is 0 Å². The number of aryl methyl sites for hydroxylation is 1. The molecule has 3 nitrogen and oxygen atoms in total. The van der Waals surface area contributed by atoms with Gasteiger partial charge < -0.3 is 5.32 Å². The Kier molecular flexibility index (Phi) is 3.25. The lowest BCUT2D eigenvalue weighted by Crippen LogP contribution is -1.97. The summed E-state index contributed by atoms with van der Waals surface area (Å²) in [5, 5.41) is 13.3. The van der Waals surface area contributed by atoms with E-state index in [4.69, 9.17) is 0 Å². The molecule has 0 spiro atoms. The first-order valence-corrected chi connectivity index (χ1v) is 6.49. The molecule has 0 radical (unpaired) electrons. The summed E-state index contributed by atoms with van der Waals surface area (Å²) < 4.78 is 13.3. The molecule has 0 bridgehead atoms. The molecule has 0 aliphatic carbocycles. The van der Waals surface area contributed by atoms with Crippen LogP contribution in [0.4, 0.5) is 15.8 Å². The largest absolute Gasteiger partial charge is 0.354 e. The summed E-state index contributed by atoms with van der Waals surface area (Å²) >= 11 is 0. The van der Waals surface area contributed by atoms with Gasteiger partial charge >= 0.3 is 0 Å². The molecular formula is C17H12FN3. The Hall–Kier alpha value is -2.93. The lowest BCUT2D eigenvalue weighted by Gasteiger charge is -2.12. The van der Waals surface area contributed by atoms with Crippen molar-refractivity contribution in [3.8, 4) is 6.07 Å². The first-order chi connectivity index (χ1) is 10.2. The van der Waals surface area contributed by atoms with E-state index >= 15 is 0 Å². The highest BCUT2D eigenvalue weighted by atomic mass is 19.1. The second kappa shape index (κ2) is 5.22. The molecule has 0 saturated carbocycles. The molecule has 0 unspecified atom stereocenters. The van der Waals surface area contributed by atoms with Crippen LogP contribution in [-0.4, -0.2) is 4.98 Å². The van der Waals surface area contributed by atoms with Crippen LogP contribution in [0.2, 0.25) is 0 Å². The highest BCUT2D eigenvalue weighted by Crippen LogP contribution is 2.29. The maximum atomic E-state index is 13.3. The molecule has 4 heteroatoms. The van der Waals surface area contributed by atoms with Crippen molar-refractivity contribution < 1.29 is 4.39 Å². The molecule has 0 atom stereocenters.